The molecule has 2 aliphatic heterocycles. The second-order valence-corrected chi connectivity index (χ2v) is 27.5. The Kier molecular flexibility index (Phi) is 11.5. The van der Waals surface area contributed by atoms with E-state index >= 15 is 0 Å². The Morgan fingerprint density at radius 1 is 0.308 bits per heavy atom. The topological polar surface area (TPSA) is 11.4 Å². The molecule has 0 saturated carbocycles. The Morgan fingerprint density at radius 3 is 1.34 bits per heavy atom. The van der Waals surface area contributed by atoms with Crippen molar-refractivity contribution >= 4 is 79.0 Å². The number of nitrogens with zero attached hydrogens (tertiary/aromatic N) is 3. The number of benzene rings is 13. The third kappa shape index (κ3) is 7.69. The van der Waals surface area contributed by atoms with Crippen LogP contribution in [0, 0.1) is 0 Å². The molecule has 13 aromatic carbocycles. The minimum atomic E-state index is -0.590. The van der Waals surface area contributed by atoms with E-state index in [1.165, 1.54) is 122 Å². The van der Waals surface area contributed by atoms with E-state index in [2.05, 4.69) is 347 Å². The highest BCUT2D eigenvalue weighted by Crippen LogP contribution is 2.65. The maximum absolute atomic E-state index is 2.69. The van der Waals surface area contributed by atoms with Crippen LogP contribution >= 0.6 is 0 Å². The second kappa shape index (κ2) is 19.7. The Hall–Kier alpha value is -10.7. The van der Waals surface area contributed by atoms with E-state index in [0.29, 0.717) is 0 Å². The van der Waals surface area contributed by atoms with Gasteiger partial charge in [0.2, 0.25) is 0 Å². The summed E-state index contributed by atoms with van der Waals surface area (Å²) in [4.78, 5) is 5.33. The van der Waals surface area contributed by atoms with Crippen molar-refractivity contribution in [1.82, 2.24) is 4.57 Å². The van der Waals surface area contributed by atoms with Crippen molar-refractivity contribution in [3.8, 4) is 61.3 Å². The average molecular weight is 1160 g/mol. The molecule has 14 aromatic rings. The van der Waals surface area contributed by atoms with Gasteiger partial charge in [0, 0.05) is 56.0 Å². The van der Waals surface area contributed by atoms with Crippen LogP contribution in [-0.2, 0) is 16.2 Å². The molecule has 2 aliphatic carbocycles. The molecule has 0 unspecified atom stereocenters. The minimum absolute atomic E-state index is 0.0531. The highest BCUT2D eigenvalue weighted by atomic mass is 15.2. The first-order valence-electron chi connectivity index (χ1n) is 32.3. The molecule has 0 fully saturated rings. The van der Waals surface area contributed by atoms with Gasteiger partial charge in [0.1, 0.15) is 0 Å². The van der Waals surface area contributed by atoms with Crippen molar-refractivity contribution in [2.45, 2.75) is 57.8 Å². The third-order valence-corrected chi connectivity index (χ3v) is 20.5. The summed E-state index contributed by atoms with van der Waals surface area (Å²) in [6.45, 7) is 13.9. The molecular formula is C87H66BN3. The molecule has 3 nitrogen and oxygen atoms in total. The first-order valence-corrected chi connectivity index (χ1v) is 32.3. The molecule has 0 radical (unpaired) electrons. The van der Waals surface area contributed by atoms with Gasteiger partial charge in [-0.15, -0.1) is 0 Å². The summed E-state index contributed by atoms with van der Waals surface area (Å²) in [5.74, 6) is 0. The summed E-state index contributed by atoms with van der Waals surface area (Å²) in [5.41, 5.74) is 33.6. The van der Waals surface area contributed by atoms with Crippen LogP contribution < -0.4 is 26.2 Å². The number of aromatic nitrogens is 1. The van der Waals surface area contributed by atoms with Gasteiger partial charge in [0.05, 0.1) is 22.1 Å². The van der Waals surface area contributed by atoms with Crippen molar-refractivity contribution in [3.05, 3.63) is 325 Å². The molecule has 1 aromatic heterocycles. The second-order valence-electron chi connectivity index (χ2n) is 27.5. The minimum Gasteiger partial charge on any atom is -0.311 e. The quantitative estimate of drug-likeness (QED) is 0.154. The number of hydrogen-bond donors (Lipinski definition) is 0. The van der Waals surface area contributed by atoms with Crippen LogP contribution in [0.1, 0.15) is 74.9 Å². The van der Waals surface area contributed by atoms with E-state index in [1.54, 1.807) is 0 Å². The molecule has 4 aliphatic rings. The molecule has 91 heavy (non-hydrogen) atoms. The van der Waals surface area contributed by atoms with Gasteiger partial charge in [0.25, 0.3) is 6.71 Å². The Morgan fingerprint density at radius 2 is 0.769 bits per heavy atom. The van der Waals surface area contributed by atoms with Crippen molar-refractivity contribution in [2.75, 3.05) is 9.80 Å². The predicted molar refractivity (Wildman–Crippen MR) is 385 cm³/mol. The summed E-state index contributed by atoms with van der Waals surface area (Å²) in [6.07, 6.45) is 0. The Labute approximate surface area is 533 Å². The van der Waals surface area contributed by atoms with Gasteiger partial charge >= 0.3 is 0 Å². The summed E-state index contributed by atoms with van der Waals surface area (Å²) >= 11 is 0. The molecule has 1 spiro atoms. The number of rotatable bonds is 6. The smallest absolute Gasteiger partial charge is 0.252 e. The largest absolute Gasteiger partial charge is 0.311 e. The maximum Gasteiger partial charge on any atom is 0.252 e. The normalized spacial score (nSPS) is 13.8. The first kappa shape index (κ1) is 53.4. The fraction of sp³-hybridized carbons (Fsp3) is 0.103. The average Bonchev–Trinajstić information content (AvgIpc) is 1.58. The Bertz CT molecular complexity index is 5160. The van der Waals surface area contributed by atoms with Crippen LogP contribution in [0.15, 0.2) is 291 Å². The molecule has 0 bridgehead atoms. The van der Waals surface area contributed by atoms with Crippen LogP contribution in [0.25, 0.3) is 83.1 Å². The SMILES string of the molecule is CC(C)(C)c1ccc(N2c3cc(-n4c5ccccc5c5ccccc54)ccc3B3c4cc(C(C)(C)C)ccc4N(c4c(-c5ccccc5)cccc4-c4ccccc4)c4cc(-c5cccc6c5C5(c7ccccc7-c7ccccc75)c5ccccc5-6)cc2c43)cc1. The van der Waals surface area contributed by atoms with Crippen molar-refractivity contribution in [2.24, 2.45) is 0 Å². The van der Waals surface area contributed by atoms with Gasteiger partial charge < -0.3 is 14.4 Å². The van der Waals surface area contributed by atoms with Crippen LogP contribution in [0.4, 0.5) is 34.1 Å². The molecule has 18 rings (SSSR count). The Balaban J connectivity index is 1.01. The zero-order chi connectivity index (χ0) is 61.1. The molecule has 0 N–H and O–H groups in total. The van der Waals surface area contributed by atoms with E-state index in [4.69, 9.17) is 0 Å². The predicted octanol–water partition coefficient (Wildman–Crippen LogP) is 20.8. The maximum atomic E-state index is 2.69. The van der Waals surface area contributed by atoms with Crippen LogP contribution in [-0.4, -0.2) is 11.3 Å². The van der Waals surface area contributed by atoms with Gasteiger partial charge in [-0.05, 0) is 160 Å². The summed E-state index contributed by atoms with van der Waals surface area (Å²) < 4.78 is 2.49. The van der Waals surface area contributed by atoms with Gasteiger partial charge in [-0.3, -0.25) is 0 Å². The van der Waals surface area contributed by atoms with Gasteiger partial charge in [-0.2, -0.15) is 0 Å². The van der Waals surface area contributed by atoms with Crippen molar-refractivity contribution in [1.29, 1.82) is 0 Å². The summed E-state index contributed by atoms with van der Waals surface area (Å²) in [6, 6.07) is 111. The number of anilines is 6. The highest BCUT2D eigenvalue weighted by Gasteiger charge is 2.53. The lowest BCUT2D eigenvalue weighted by Gasteiger charge is -2.46. The zero-order valence-electron chi connectivity index (χ0n) is 52.1. The van der Waals surface area contributed by atoms with Gasteiger partial charge in [-0.1, -0.05) is 278 Å². The third-order valence-electron chi connectivity index (χ3n) is 20.5. The van der Waals surface area contributed by atoms with E-state index < -0.39 is 5.41 Å². The zero-order valence-corrected chi connectivity index (χ0v) is 52.1. The monoisotopic (exact) mass is 1160 g/mol. The van der Waals surface area contributed by atoms with Crippen LogP contribution in [0.3, 0.4) is 0 Å². The molecular weight excluding hydrogens is 1100 g/mol. The van der Waals surface area contributed by atoms with Crippen LogP contribution in [0.2, 0.25) is 0 Å². The first-order chi connectivity index (χ1) is 44.4. The standard InChI is InChI=1S/C87H66BN3/c1-85(2,3)58-43-46-60(47-44-58)89-79-54-61(90-76-41-21-16-32-68(76)69-33-17-22-42-77(69)90)48-49-74(79)88-75-53-59(86(4,5)6)45-50-78(75)91(84-63(55-25-9-7-10-26-55)35-24-36-64(84)56-27-11-8-12-28-56)81-52-57(51-80(89)83(81)88)62-34-23-37-70-67-31-15-20-40-73(67)87(82(62)70)71-38-18-13-29-65(71)66-30-14-19-39-72(66)87/h7-54H,1-6H3. The van der Waals surface area contributed by atoms with E-state index in [9.17, 15) is 0 Å². The number of fused-ring (bicyclic) bond motifs is 17. The fourth-order valence-corrected chi connectivity index (χ4v) is 16.5. The molecule has 432 valence electrons. The van der Waals surface area contributed by atoms with Crippen molar-refractivity contribution < 1.29 is 0 Å². The molecule has 3 heterocycles. The lowest BCUT2D eigenvalue weighted by Crippen LogP contribution is -2.61. The van der Waals surface area contributed by atoms with E-state index in [-0.39, 0.29) is 17.5 Å². The molecule has 0 atom stereocenters. The van der Waals surface area contributed by atoms with Gasteiger partial charge in [0.15, 0.2) is 0 Å². The highest BCUT2D eigenvalue weighted by molar-refractivity contribution is 7.00. The lowest BCUT2D eigenvalue weighted by molar-refractivity contribution is 0.590. The van der Waals surface area contributed by atoms with Crippen LogP contribution in [0.5, 0.6) is 0 Å². The summed E-state index contributed by atoms with van der Waals surface area (Å²) in [5, 5.41) is 2.49. The number of hydrogen-bond acceptors (Lipinski definition) is 2. The van der Waals surface area contributed by atoms with Crippen molar-refractivity contribution in [3.63, 3.8) is 0 Å². The molecule has 0 saturated heterocycles. The molecule has 4 heteroatoms. The molecule has 0 amide bonds. The fourth-order valence-electron chi connectivity index (χ4n) is 16.5. The van der Waals surface area contributed by atoms with E-state index in [1.807, 2.05) is 0 Å². The van der Waals surface area contributed by atoms with E-state index in [0.717, 1.165) is 45.1 Å². The lowest BCUT2D eigenvalue weighted by atomic mass is 9.33. The van der Waals surface area contributed by atoms with Gasteiger partial charge in [-0.25, -0.2) is 0 Å². The summed E-state index contributed by atoms with van der Waals surface area (Å²) in [7, 11) is 0. The number of para-hydroxylation sites is 3.